The lowest BCUT2D eigenvalue weighted by atomic mass is 10.1. The predicted octanol–water partition coefficient (Wildman–Crippen LogP) is 2.04. The maximum Gasteiger partial charge on any atom is 0.142 e. The molecule has 16 heavy (non-hydrogen) atoms. The van der Waals surface area contributed by atoms with E-state index in [1.807, 2.05) is 31.3 Å². The topological polar surface area (TPSA) is 32.7 Å². The third-order valence-electron chi connectivity index (χ3n) is 3.41. The van der Waals surface area contributed by atoms with E-state index in [0.717, 1.165) is 30.7 Å². The molecule has 0 amide bonds. The van der Waals surface area contributed by atoms with Crippen LogP contribution in [-0.2, 0) is 0 Å². The summed E-state index contributed by atoms with van der Waals surface area (Å²) in [4.78, 5) is 2.14. The summed E-state index contributed by atoms with van der Waals surface area (Å²) < 4.78 is 5.34. The van der Waals surface area contributed by atoms with Crippen LogP contribution in [0.4, 0.5) is 5.69 Å². The fraction of sp³-hybridized carbons (Fsp3) is 0.538. The molecule has 3 nitrogen and oxygen atoms in total. The van der Waals surface area contributed by atoms with E-state index in [-0.39, 0.29) is 12.1 Å². The summed E-state index contributed by atoms with van der Waals surface area (Å²) in [6, 6.07) is 8.16. The van der Waals surface area contributed by atoms with E-state index in [9.17, 15) is 5.11 Å². The molecule has 0 heterocycles. The van der Waals surface area contributed by atoms with E-state index >= 15 is 0 Å². The van der Waals surface area contributed by atoms with Crippen molar-refractivity contribution in [2.45, 2.75) is 31.4 Å². The zero-order chi connectivity index (χ0) is 11.5. The maximum absolute atomic E-state index is 9.90. The average molecular weight is 221 g/mol. The van der Waals surface area contributed by atoms with Gasteiger partial charge in [0.1, 0.15) is 5.75 Å². The Balaban J connectivity index is 2.22. The Morgan fingerprint density at radius 2 is 2.06 bits per heavy atom. The van der Waals surface area contributed by atoms with E-state index < -0.39 is 0 Å². The van der Waals surface area contributed by atoms with Crippen molar-refractivity contribution in [3.8, 4) is 5.75 Å². The molecule has 1 N–H and O–H groups in total. The number of hydrogen-bond acceptors (Lipinski definition) is 3. The van der Waals surface area contributed by atoms with Crippen molar-refractivity contribution in [1.29, 1.82) is 0 Å². The highest BCUT2D eigenvalue weighted by atomic mass is 16.5. The van der Waals surface area contributed by atoms with Crippen molar-refractivity contribution < 1.29 is 9.84 Å². The third kappa shape index (κ3) is 2.00. The van der Waals surface area contributed by atoms with Gasteiger partial charge in [0, 0.05) is 7.05 Å². The normalized spacial score (nSPS) is 24.4. The highest BCUT2D eigenvalue weighted by Crippen LogP contribution is 2.32. The van der Waals surface area contributed by atoms with E-state index in [2.05, 4.69) is 4.90 Å². The van der Waals surface area contributed by atoms with Gasteiger partial charge in [0.2, 0.25) is 0 Å². The molecule has 0 aromatic heterocycles. The molecule has 1 aliphatic carbocycles. The predicted molar refractivity (Wildman–Crippen MR) is 65.0 cm³/mol. The molecule has 0 spiro atoms. The molecule has 1 aromatic carbocycles. The monoisotopic (exact) mass is 221 g/mol. The van der Waals surface area contributed by atoms with Gasteiger partial charge in [-0.2, -0.15) is 0 Å². The van der Waals surface area contributed by atoms with Gasteiger partial charge in [-0.1, -0.05) is 12.1 Å². The number of likely N-dealkylation sites (N-methyl/N-ethyl adjacent to an activating group) is 1. The Hall–Kier alpha value is -1.22. The van der Waals surface area contributed by atoms with Crippen LogP contribution in [-0.4, -0.2) is 31.4 Å². The minimum atomic E-state index is -0.213. The number of benzene rings is 1. The van der Waals surface area contributed by atoms with Crippen molar-refractivity contribution >= 4 is 5.69 Å². The zero-order valence-electron chi connectivity index (χ0n) is 9.89. The molecule has 3 heteroatoms. The summed E-state index contributed by atoms with van der Waals surface area (Å²) in [5.41, 5.74) is 1.05. The van der Waals surface area contributed by atoms with Gasteiger partial charge in [-0.25, -0.2) is 0 Å². The van der Waals surface area contributed by atoms with Crippen LogP contribution in [0.15, 0.2) is 24.3 Å². The quantitative estimate of drug-likeness (QED) is 0.848. The molecule has 2 unspecified atom stereocenters. The van der Waals surface area contributed by atoms with E-state index in [4.69, 9.17) is 4.74 Å². The van der Waals surface area contributed by atoms with Crippen molar-refractivity contribution in [2.75, 3.05) is 19.1 Å². The van der Waals surface area contributed by atoms with Crippen LogP contribution in [0.3, 0.4) is 0 Å². The van der Waals surface area contributed by atoms with Crippen LogP contribution in [0.25, 0.3) is 0 Å². The minimum Gasteiger partial charge on any atom is -0.495 e. The van der Waals surface area contributed by atoms with Crippen LogP contribution in [0, 0.1) is 0 Å². The van der Waals surface area contributed by atoms with E-state index in [1.165, 1.54) is 0 Å². The number of rotatable bonds is 3. The molecular weight excluding hydrogens is 202 g/mol. The molecule has 1 aliphatic rings. The Morgan fingerprint density at radius 3 is 2.69 bits per heavy atom. The Bertz CT molecular complexity index is 354. The first-order valence-corrected chi connectivity index (χ1v) is 5.78. The van der Waals surface area contributed by atoms with E-state index in [0.29, 0.717) is 0 Å². The first-order chi connectivity index (χ1) is 7.74. The second-order valence-electron chi connectivity index (χ2n) is 4.35. The summed E-state index contributed by atoms with van der Waals surface area (Å²) in [6.07, 6.45) is 2.85. The minimum absolute atomic E-state index is 0.213. The molecule has 0 aliphatic heterocycles. The van der Waals surface area contributed by atoms with Gasteiger partial charge in [-0.15, -0.1) is 0 Å². The first kappa shape index (κ1) is 11.3. The fourth-order valence-corrected chi connectivity index (χ4v) is 2.47. The molecule has 0 saturated heterocycles. The van der Waals surface area contributed by atoms with Gasteiger partial charge in [-0.3, -0.25) is 0 Å². The number of para-hydroxylation sites is 2. The number of methoxy groups -OCH3 is 1. The van der Waals surface area contributed by atoms with Crippen LogP contribution in [0.2, 0.25) is 0 Å². The highest BCUT2D eigenvalue weighted by Gasteiger charge is 2.29. The summed E-state index contributed by atoms with van der Waals surface area (Å²) >= 11 is 0. The number of aliphatic hydroxyl groups excluding tert-OH is 1. The SMILES string of the molecule is COc1ccccc1N(C)C1CCCC1O. The number of aliphatic hydroxyl groups is 1. The molecule has 1 aromatic rings. The number of anilines is 1. The van der Waals surface area contributed by atoms with Crippen molar-refractivity contribution in [3.05, 3.63) is 24.3 Å². The van der Waals surface area contributed by atoms with Gasteiger partial charge in [0.05, 0.1) is 24.9 Å². The highest BCUT2D eigenvalue weighted by molar-refractivity contribution is 5.58. The van der Waals surface area contributed by atoms with Crippen LogP contribution < -0.4 is 9.64 Å². The molecule has 2 rings (SSSR count). The second kappa shape index (κ2) is 4.74. The van der Waals surface area contributed by atoms with Gasteiger partial charge < -0.3 is 14.7 Å². The lowest BCUT2D eigenvalue weighted by molar-refractivity contribution is 0.163. The number of hydrogen-bond donors (Lipinski definition) is 1. The van der Waals surface area contributed by atoms with Crippen LogP contribution in [0.5, 0.6) is 5.75 Å². The number of nitrogens with zero attached hydrogens (tertiary/aromatic N) is 1. The maximum atomic E-state index is 9.90. The van der Waals surface area contributed by atoms with Crippen molar-refractivity contribution in [2.24, 2.45) is 0 Å². The molecule has 2 atom stereocenters. The molecular formula is C13H19NO2. The van der Waals surface area contributed by atoms with Crippen molar-refractivity contribution in [3.63, 3.8) is 0 Å². The van der Waals surface area contributed by atoms with E-state index in [1.54, 1.807) is 7.11 Å². The zero-order valence-corrected chi connectivity index (χ0v) is 9.89. The molecule has 1 saturated carbocycles. The second-order valence-corrected chi connectivity index (χ2v) is 4.35. The molecule has 0 radical (unpaired) electrons. The number of ether oxygens (including phenoxy) is 1. The van der Waals surface area contributed by atoms with Gasteiger partial charge in [0.15, 0.2) is 0 Å². The smallest absolute Gasteiger partial charge is 0.142 e. The summed E-state index contributed by atoms with van der Waals surface area (Å²) in [5.74, 6) is 0.865. The van der Waals surface area contributed by atoms with Gasteiger partial charge >= 0.3 is 0 Å². The summed E-state index contributed by atoms with van der Waals surface area (Å²) in [5, 5.41) is 9.90. The summed E-state index contributed by atoms with van der Waals surface area (Å²) in [7, 11) is 3.70. The third-order valence-corrected chi connectivity index (χ3v) is 3.41. The van der Waals surface area contributed by atoms with Crippen LogP contribution >= 0.6 is 0 Å². The summed E-state index contributed by atoms with van der Waals surface area (Å²) in [6.45, 7) is 0. The first-order valence-electron chi connectivity index (χ1n) is 5.78. The lowest BCUT2D eigenvalue weighted by Crippen LogP contribution is -2.37. The molecule has 0 bridgehead atoms. The Kier molecular flexibility index (Phi) is 3.34. The lowest BCUT2D eigenvalue weighted by Gasteiger charge is -2.30. The van der Waals surface area contributed by atoms with Gasteiger partial charge in [0.25, 0.3) is 0 Å². The molecule has 1 fully saturated rings. The largest absolute Gasteiger partial charge is 0.495 e. The van der Waals surface area contributed by atoms with Gasteiger partial charge in [-0.05, 0) is 31.4 Å². The standard InChI is InChI=1S/C13H19NO2/c1-14(10-7-5-8-12(10)15)11-6-3-4-9-13(11)16-2/h3-4,6,9-10,12,15H,5,7-8H2,1-2H3. The fourth-order valence-electron chi connectivity index (χ4n) is 2.47. The molecule has 88 valence electrons. The average Bonchev–Trinajstić information content (AvgIpc) is 2.74. The Labute approximate surface area is 96.6 Å². The Morgan fingerprint density at radius 1 is 1.31 bits per heavy atom. The van der Waals surface area contributed by atoms with Crippen LogP contribution in [0.1, 0.15) is 19.3 Å². The van der Waals surface area contributed by atoms with Crippen molar-refractivity contribution in [1.82, 2.24) is 0 Å².